The summed E-state index contributed by atoms with van der Waals surface area (Å²) in [5, 5.41) is 3.82. The molecule has 0 saturated heterocycles. The van der Waals surface area contributed by atoms with Crippen molar-refractivity contribution >= 4 is 17.3 Å². The van der Waals surface area contributed by atoms with Gasteiger partial charge in [-0.25, -0.2) is 0 Å². The van der Waals surface area contributed by atoms with Gasteiger partial charge in [0.15, 0.2) is 11.5 Å². The summed E-state index contributed by atoms with van der Waals surface area (Å²) in [4.78, 5) is 0. The van der Waals surface area contributed by atoms with Crippen LogP contribution in [0.4, 0.5) is 5.69 Å². The molecule has 0 saturated carbocycles. The summed E-state index contributed by atoms with van der Waals surface area (Å²) in [5.41, 5.74) is 2.78. The molecular formula is C17H16ClNO2. The normalized spacial score (nSPS) is 9.81. The van der Waals surface area contributed by atoms with E-state index in [1.54, 1.807) is 14.2 Å². The maximum Gasteiger partial charge on any atom is 0.179 e. The fourth-order valence-corrected chi connectivity index (χ4v) is 2.31. The second kappa shape index (κ2) is 6.92. The lowest BCUT2D eigenvalue weighted by atomic mass is 10.1. The minimum atomic E-state index is 0.519. The van der Waals surface area contributed by atoms with Crippen molar-refractivity contribution in [3.8, 4) is 23.8 Å². The number of nitrogens with one attached hydrogen (secondary N) is 1. The molecule has 0 aromatic heterocycles. The third-order valence-corrected chi connectivity index (χ3v) is 3.30. The van der Waals surface area contributed by atoms with Crippen molar-refractivity contribution in [2.45, 2.75) is 6.54 Å². The highest BCUT2D eigenvalue weighted by molar-refractivity contribution is 6.32. The first-order valence-electron chi connectivity index (χ1n) is 6.39. The monoisotopic (exact) mass is 301 g/mol. The maximum atomic E-state index is 6.18. The zero-order valence-electron chi connectivity index (χ0n) is 11.9. The highest BCUT2D eigenvalue weighted by atomic mass is 35.5. The van der Waals surface area contributed by atoms with Gasteiger partial charge in [0.05, 0.1) is 19.2 Å². The average molecular weight is 302 g/mol. The molecule has 2 aromatic carbocycles. The van der Waals surface area contributed by atoms with Crippen LogP contribution in [-0.2, 0) is 6.54 Å². The molecule has 0 unspecified atom stereocenters. The van der Waals surface area contributed by atoms with Crippen LogP contribution in [0.3, 0.4) is 0 Å². The molecular weight excluding hydrogens is 286 g/mol. The lowest BCUT2D eigenvalue weighted by molar-refractivity contribution is 0.355. The SMILES string of the molecule is C#Cc1cccc(NCc2cc(Cl)c(OC)c(OC)c2)c1. The zero-order valence-corrected chi connectivity index (χ0v) is 12.7. The van der Waals surface area contributed by atoms with Gasteiger partial charge in [0.25, 0.3) is 0 Å². The number of halogens is 1. The molecule has 0 amide bonds. The molecule has 4 heteroatoms. The van der Waals surface area contributed by atoms with Crippen molar-refractivity contribution in [3.63, 3.8) is 0 Å². The van der Waals surface area contributed by atoms with Gasteiger partial charge in [-0.3, -0.25) is 0 Å². The Kier molecular flexibility index (Phi) is 4.97. The smallest absolute Gasteiger partial charge is 0.179 e. The van der Waals surface area contributed by atoms with E-state index >= 15 is 0 Å². The number of benzene rings is 2. The lowest BCUT2D eigenvalue weighted by Gasteiger charge is -2.13. The Morgan fingerprint density at radius 3 is 2.67 bits per heavy atom. The molecule has 0 bridgehead atoms. The molecule has 3 nitrogen and oxygen atoms in total. The van der Waals surface area contributed by atoms with Crippen molar-refractivity contribution in [3.05, 3.63) is 52.5 Å². The summed E-state index contributed by atoms with van der Waals surface area (Å²) < 4.78 is 10.5. The van der Waals surface area contributed by atoms with Crippen LogP contribution in [-0.4, -0.2) is 14.2 Å². The van der Waals surface area contributed by atoms with Gasteiger partial charge in [-0.1, -0.05) is 23.6 Å². The van der Waals surface area contributed by atoms with Crippen LogP contribution in [0.15, 0.2) is 36.4 Å². The Hall–Kier alpha value is -2.31. The Morgan fingerprint density at radius 2 is 2.00 bits per heavy atom. The molecule has 1 N–H and O–H groups in total. The second-order valence-corrected chi connectivity index (χ2v) is 4.80. The lowest BCUT2D eigenvalue weighted by Crippen LogP contribution is -2.01. The molecule has 108 valence electrons. The standard InChI is InChI=1S/C17H16ClNO2/c1-4-12-6-5-7-14(8-12)19-11-13-9-15(18)17(21-3)16(10-13)20-2/h1,5-10,19H,11H2,2-3H3. The summed E-state index contributed by atoms with van der Waals surface area (Å²) in [5.74, 6) is 3.76. The van der Waals surface area contributed by atoms with E-state index < -0.39 is 0 Å². The third-order valence-electron chi connectivity index (χ3n) is 3.02. The number of terminal acetylenes is 1. The summed E-state index contributed by atoms with van der Waals surface area (Å²) in [6.45, 7) is 0.605. The number of hydrogen-bond donors (Lipinski definition) is 1. The number of methoxy groups -OCH3 is 2. The molecule has 0 radical (unpaired) electrons. The Balaban J connectivity index is 2.16. The minimum absolute atomic E-state index is 0.519. The predicted molar refractivity (Wildman–Crippen MR) is 86.3 cm³/mol. The van der Waals surface area contributed by atoms with E-state index in [0.717, 1.165) is 16.8 Å². The third kappa shape index (κ3) is 3.62. The van der Waals surface area contributed by atoms with Gasteiger partial charge in [-0.15, -0.1) is 6.42 Å². The Morgan fingerprint density at radius 1 is 1.19 bits per heavy atom. The highest BCUT2D eigenvalue weighted by Gasteiger charge is 2.10. The van der Waals surface area contributed by atoms with Crippen molar-refractivity contribution in [2.24, 2.45) is 0 Å². The minimum Gasteiger partial charge on any atom is -0.493 e. The molecule has 2 rings (SSSR count). The molecule has 0 aliphatic heterocycles. The van der Waals surface area contributed by atoms with Crippen LogP contribution in [0.2, 0.25) is 5.02 Å². The molecule has 0 heterocycles. The fraction of sp³-hybridized carbons (Fsp3) is 0.176. The highest BCUT2D eigenvalue weighted by Crippen LogP contribution is 2.36. The first-order valence-corrected chi connectivity index (χ1v) is 6.76. The van der Waals surface area contributed by atoms with Gasteiger partial charge in [0.2, 0.25) is 0 Å². The summed E-state index contributed by atoms with van der Waals surface area (Å²) >= 11 is 6.18. The number of anilines is 1. The quantitative estimate of drug-likeness (QED) is 0.848. The van der Waals surface area contributed by atoms with Gasteiger partial charge in [0, 0.05) is 17.8 Å². The van der Waals surface area contributed by atoms with Crippen molar-refractivity contribution in [1.29, 1.82) is 0 Å². The van der Waals surface area contributed by atoms with Gasteiger partial charge in [-0.05, 0) is 35.9 Å². The van der Waals surface area contributed by atoms with E-state index in [1.165, 1.54) is 0 Å². The van der Waals surface area contributed by atoms with Gasteiger partial charge in [-0.2, -0.15) is 0 Å². The van der Waals surface area contributed by atoms with Crippen molar-refractivity contribution in [2.75, 3.05) is 19.5 Å². The molecule has 0 aliphatic rings. The fourth-order valence-electron chi connectivity index (χ4n) is 2.00. The predicted octanol–water partition coefficient (Wildman–Crippen LogP) is 3.95. The van der Waals surface area contributed by atoms with E-state index in [2.05, 4.69) is 11.2 Å². The Labute approximate surface area is 129 Å². The molecule has 0 aliphatic carbocycles. The zero-order chi connectivity index (χ0) is 15.2. The Bertz CT molecular complexity index is 677. The van der Waals surface area contributed by atoms with Crippen molar-refractivity contribution in [1.82, 2.24) is 0 Å². The van der Waals surface area contributed by atoms with Crippen LogP contribution >= 0.6 is 11.6 Å². The van der Waals surface area contributed by atoms with Crippen LogP contribution in [0.25, 0.3) is 0 Å². The van der Waals surface area contributed by atoms with E-state index in [0.29, 0.717) is 23.1 Å². The van der Waals surface area contributed by atoms with Crippen LogP contribution < -0.4 is 14.8 Å². The number of ether oxygens (including phenoxy) is 2. The first kappa shape index (κ1) is 15.1. The molecule has 0 fully saturated rings. The van der Waals surface area contributed by atoms with Crippen LogP contribution in [0.5, 0.6) is 11.5 Å². The second-order valence-electron chi connectivity index (χ2n) is 4.39. The largest absolute Gasteiger partial charge is 0.493 e. The topological polar surface area (TPSA) is 30.5 Å². The van der Waals surface area contributed by atoms with E-state index in [9.17, 15) is 0 Å². The average Bonchev–Trinajstić information content (AvgIpc) is 2.52. The van der Waals surface area contributed by atoms with E-state index in [-0.39, 0.29) is 0 Å². The van der Waals surface area contributed by atoms with Crippen molar-refractivity contribution < 1.29 is 9.47 Å². The maximum absolute atomic E-state index is 6.18. The summed E-state index contributed by atoms with van der Waals surface area (Å²) in [7, 11) is 3.15. The molecule has 0 atom stereocenters. The van der Waals surface area contributed by atoms with Gasteiger partial charge >= 0.3 is 0 Å². The first-order chi connectivity index (χ1) is 10.2. The molecule has 21 heavy (non-hydrogen) atoms. The van der Waals surface area contributed by atoms with E-state index in [1.807, 2.05) is 36.4 Å². The summed E-state index contributed by atoms with van der Waals surface area (Å²) in [6, 6.07) is 11.4. The molecule has 0 spiro atoms. The van der Waals surface area contributed by atoms with E-state index in [4.69, 9.17) is 27.5 Å². The van der Waals surface area contributed by atoms with Crippen LogP contribution in [0, 0.1) is 12.3 Å². The number of hydrogen-bond acceptors (Lipinski definition) is 3. The molecule has 2 aromatic rings. The van der Waals surface area contributed by atoms with Gasteiger partial charge < -0.3 is 14.8 Å². The number of rotatable bonds is 5. The van der Waals surface area contributed by atoms with Crippen LogP contribution in [0.1, 0.15) is 11.1 Å². The van der Waals surface area contributed by atoms with Gasteiger partial charge in [0.1, 0.15) is 0 Å². The summed E-state index contributed by atoms with van der Waals surface area (Å²) in [6.07, 6.45) is 5.39.